The molecule has 0 atom stereocenters. The maximum absolute atomic E-state index is 12.9. The molecule has 0 saturated heterocycles. The lowest BCUT2D eigenvalue weighted by Gasteiger charge is -2.15. The average Bonchev–Trinajstić information content (AvgIpc) is 3.22. The molecule has 0 aliphatic heterocycles. The summed E-state index contributed by atoms with van der Waals surface area (Å²) >= 11 is 0. The van der Waals surface area contributed by atoms with E-state index in [1.54, 1.807) is 24.4 Å². The number of hydrogen-bond acceptors (Lipinski definition) is 4. The van der Waals surface area contributed by atoms with Crippen molar-refractivity contribution >= 4 is 20.7 Å². The van der Waals surface area contributed by atoms with Crippen LogP contribution in [0.5, 0.6) is 11.5 Å². The van der Waals surface area contributed by atoms with Crippen LogP contribution in [0.1, 0.15) is 17.5 Å². The molecule has 0 unspecified atom stereocenters. The van der Waals surface area contributed by atoms with Crippen molar-refractivity contribution in [3.63, 3.8) is 0 Å². The lowest BCUT2D eigenvalue weighted by molar-refractivity contribution is -0.0436. The Kier molecular flexibility index (Phi) is 3.72. The molecule has 1 aromatic heterocycles. The Morgan fingerprint density at radius 1 is 1.08 bits per heavy atom. The smallest absolute Gasteiger partial charge is 0.457 e. The quantitative estimate of drug-likeness (QED) is 0.739. The minimum absolute atomic E-state index is 0.198. The normalized spacial score (nSPS) is 14.6. The standard InChI is InChI=1S/C17H13F3N2O3S/c18-17(19,20)26(23,24)16-7-6-15(12-2-1-3-13(12)16)25-11-4-5-14-10(8-11)9-21-22-14/h4-9H,1-3H2,(H,21,22). The third-order valence-corrected chi connectivity index (χ3v) is 6.00. The van der Waals surface area contributed by atoms with Gasteiger partial charge in [-0.2, -0.15) is 18.3 Å². The number of benzene rings is 2. The lowest BCUT2D eigenvalue weighted by atomic mass is 10.1. The van der Waals surface area contributed by atoms with E-state index in [9.17, 15) is 21.6 Å². The Balaban J connectivity index is 1.76. The van der Waals surface area contributed by atoms with E-state index in [0.717, 1.165) is 17.0 Å². The summed E-state index contributed by atoms with van der Waals surface area (Å²) in [7, 11) is -5.38. The van der Waals surface area contributed by atoms with Gasteiger partial charge >= 0.3 is 5.51 Å². The van der Waals surface area contributed by atoms with E-state index in [1.165, 1.54) is 6.07 Å². The summed E-state index contributed by atoms with van der Waals surface area (Å²) in [6.07, 6.45) is 2.96. The minimum Gasteiger partial charge on any atom is -0.457 e. The summed E-state index contributed by atoms with van der Waals surface area (Å²) < 4.78 is 68.3. The average molecular weight is 382 g/mol. The zero-order chi connectivity index (χ0) is 18.5. The molecule has 0 bridgehead atoms. The van der Waals surface area contributed by atoms with Crippen LogP contribution in [0.4, 0.5) is 13.2 Å². The van der Waals surface area contributed by atoms with Crippen LogP contribution < -0.4 is 4.74 Å². The van der Waals surface area contributed by atoms with Crippen molar-refractivity contribution in [3.05, 3.63) is 47.7 Å². The van der Waals surface area contributed by atoms with Gasteiger partial charge in [0.1, 0.15) is 11.5 Å². The number of rotatable bonds is 3. The highest BCUT2D eigenvalue weighted by Gasteiger charge is 2.48. The predicted molar refractivity (Wildman–Crippen MR) is 87.9 cm³/mol. The van der Waals surface area contributed by atoms with Gasteiger partial charge in [0.15, 0.2) is 0 Å². The second-order valence-corrected chi connectivity index (χ2v) is 7.95. The van der Waals surface area contributed by atoms with Crippen molar-refractivity contribution < 1.29 is 26.3 Å². The van der Waals surface area contributed by atoms with Gasteiger partial charge in [-0.25, -0.2) is 8.42 Å². The van der Waals surface area contributed by atoms with Crippen molar-refractivity contribution in [1.82, 2.24) is 10.2 Å². The summed E-state index contributed by atoms with van der Waals surface area (Å²) in [5.41, 5.74) is -3.78. The highest BCUT2D eigenvalue weighted by molar-refractivity contribution is 7.92. The number of nitrogens with one attached hydrogen (secondary N) is 1. The van der Waals surface area contributed by atoms with Gasteiger partial charge in [-0.1, -0.05) is 0 Å². The molecule has 0 saturated carbocycles. The summed E-state index contributed by atoms with van der Waals surface area (Å²) in [6.45, 7) is 0. The zero-order valence-corrected chi connectivity index (χ0v) is 14.1. The van der Waals surface area contributed by atoms with Gasteiger partial charge in [0.25, 0.3) is 9.84 Å². The first-order valence-corrected chi connectivity index (χ1v) is 9.33. The van der Waals surface area contributed by atoms with Crippen LogP contribution in [0.25, 0.3) is 10.9 Å². The van der Waals surface area contributed by atoms with Crippen molar-refractivity contribution in [3.8, 4) is 11.5 Å². The highest BCUT2D eigenvalue weighted by atomic mass is 32.2. The molecule has 5 nitrogen and oxygen atoms in total. The summed E-state index contributed by atoms with van der Waals surface area (Å²) in [5, 5.41) is 7.56. The third-order valence-electron chi connectivity index (χ3n) is 4.43. The molecular weight excluding hydrogens is 369 g/mol. The van der Waals surface area contributed by atoms with Gasteiger partial charge in [-0.05, 0) is 60.7 Å². The molecule has 26 heavy (non-hydrogen) atoms. The fraction of sp³-hybridized carbons (Fsp3) is 0.235. The second-order valence-electron chi connectivity index (χ2n) is 6.04. The molecule has 0 spiro atoms. The van der Waals surface area contributed by atoms with Crippen LogP contribution in [0, 0.1) is 0 Å². The van der Waals surface area contributed by atoms with Crippen molar-refractivity contribution in [2.75, 3.05) is 0 Å². The molecule has 136 valence electrons. The van der Waals surface area contributed by atoms with E-state index in [1.807, 2.05) is 0 Å². The summed E-state index contributed by atoms with van der Waals surface area (Å²) in [4.78, 5) is -0.671. The third kappa shape index (κ3) is 2.63. The molecule has 1 aliphatic rings. The van der Waals surface area contributed by atoms with Crippen LogP contribution >= 0.6 is 0 Å². The van der Waals surface area contributed by atoms with E-state index in [0.29, 0.717) is 29.9 Å². The molecule has 3 aromatic rings. The van der Waals surface area contributed by atoms with Crippen molar-refractivity contribution in [2.45, 2.75) is 29.7 Å². The minimum atomic E-state index is -5.38. The number of aromatic amines is 1. The van der Waals surface area contributed by atoms with Gasteiger partial charge in [-0.3, -0.25) is 5.10 Å². The number of fused-ring (bicyclic) bond motifs is 2. The Morgan fingerprint density at radius 2 is 1.85 bits per heavy atom. The van der Waals surface area contributed by atoms with Crippen LogP contribution in [0.3, 0.4) is 0 Å². The Morgan fingerprint density at radius 3 is 2.62 bits per heavy atom. The summed E-state index contributed by atoms with van der Waals surface area (Å²) in [6, 6.07) is 7.52. The van der Waals surface area contributed by atoms with Gasteiger partial charge in [0.05, 0.1) is 16.6 Å². The van der Waals surface area contributed by atoms with Crippen LogP contribution in [-0.2, 0) is 22.7 Å². The van der Waals surface area contributed by atoms with Crippen molar-refractivity contribution in [1.29, 1.82) is 0 Å². The number of sulfone groups is 1. The maximum Gasteiger partial charge on any atom is 0.501 e. The Bertz CT molecular complexity index is 1100. The zero-order valence-electron chi connectivity index (χ0n) is 13.3. The van der Waals surface area contributed by atoms with Gasteiger partial charge < -0.3 is 4.74 Å². The number of halogens is 3. The van der Waals surface area contributed by atoms with E-state index in [-0.39, 0.29) is 12.0 Å². The molecule has 0 radical (unpaired) electrons. The number of ether oxygens (including phenoxy) is 1. The number of alkyl halides is 3. The van der Waals surface area contributed by atoms with Crippen LogP contribution in [0.2, 0.25) is 0 Å². The van der Waals surface area contributed by atoms with E-state index in [2.05, 4.69) is 10.2 Å². The fourth-order valence-electron chi connectivity index (χ4n) is 3.22. The van der Waals surface area contributed by atoms with E-state index >= 15 is 0 Å². The fourth-order valence-corrected chi connectivity index (χ4v) is 4.27. The molecule has 1 aliphatic carbocycles. The Labute approximate surface area is 146 Å². The molecule has 2 aromatic carbocycles. The number of nitrogens with zero attached hydrogens (tertiary/aromatic N) is 1. The van der Waals surface area contributed by atoms with Crippen molar-refractivity contribution in [2.24, 2.45) is 0 Å². The predicted octanol–water partition coefficient (Wildman–Crippen LogP) is 4.14. The van der Waals surface area contributed by atoms with Crippen LogP contribution in [-0.4, -0.2) is 24.1 Å². The number of aromatic nitrogens is 2. The SMILES string of the molecule is O=S(=O)(c1ccc(Oc2ccc3[nH]ncc3c2)c2c1CCC2)C(F)(F)F. The first kappa shape index (κ1) is 16.9. The molecule has 0 amide bonds. The molecule has 4 rings (SSSR count). The topological polar surface area (TPSA) is 72.1 Å². The largest absolute Gasteiger partial charge is 0.501 e. The molecule has 1 N–H and O–H groups in total. The second kappa shape index (κ2) is 5.73. The van der Waals surface area contributed by atoms with Gasteiger partial charge in [-0.15, -0.1) is 0 Å². The highest BCUT2D eigenvalue weighted by Crippen LogP contribution is 2.41. The lowest BCUT2D eigenvalue weighted by Crippen LogP contribution is -2.24. The number of H-pyrrole nitrogens is 1. The molecular formula is C17H13F3N2O3S. The molecule has 1 heterocycles. The first-order chi connectivity index (χ1) is 12.3. The van der Waals surface area contributed by atoms with Crippen LogP contribution in [0.15, 0.2) is 41.4 Å². The first-order valence-electron chi connectivity index (χ1n) is 7.84. The van der Waals surface area contributed by atoms with E-state index < -0.39 is 20.2 Å². The van der Waals surface area contributed by atoms with E-state index in [4.69, 9.17) is 4.74 Å². The Hall–Kier alpha value is -2.55. The van der Waals surface area contributed by atoms with Gasteiger partial charge in [0, 0.05) is 5.39 Å². The maximum atomic E-state index is 12.9. The summed E-state index contributed by atoms with van der Waals surface area (Å²) in [5.74, 6) is 0.876. The molecule has 0 fully saturated rings. The molecule has 9 heteroatoms. The monoisotopic (exact) mass is 382 g/mol. The number of hydrogen-bond donors (Lipinski definition) is 1. The van der Waals surface area contributed by atoms with Gasteiger partial charge in [0.2, 0.25) is 0 Å².